The molecule has 0 aliphatic carbocycles. The lowest BCUT2D eigenvalue weighted by Gasteiger charge is -2.34. The number of nitrogens with one attached hydrogen (secondary N) is 2. The molecule has 0 radical (unpaired) electrons. The Kier molecular flexibility index (Phi) is 7.40. The third-order valence-corrected chi connectivity index (χ3v) is 5.93. The summed E-state index contributed by atoms with van der Waals surface area (Å²) in [7, 11) is 0. The fraction of sp³-hybridized carbons (Fsp3) is 0.810. The van der Waals surface area contributed by atoms with Crippen molar-refractivity contribution in [1.29, 1.82) is 0 Å². The first kappa shape index (κ1) is 23.3. The average molecular weight is 438 g/mol. The lowest BCUT2D eigenvalue weighted by Crippen LogP contribution is -2.50. The van der Waals surface area contributed by atoms with Gasteiger partial charge in [0.05, 0.1) is 6.54 Å². The van der Waals surface area contributed by atoms with E-state index in [2.05, 4.69) is 15.5 Å². The number of likely N-dealkylation sites (tertiary alicyclic amines) is 2. The molecule has 0 aromatic carbocycles. The van der Waals surface area contributed by atoms with Crippen LogP contribution in [0, 0.1) is 5.92 Å². The molecule has 10 nitrogen and oxygen atoms in total. The molecule has 2 atom stereocenters. The van der Waals surface area contributed by atoms with Crippen molar-refractivity contribution in [2.75, 3.05) is 45.8 Å². The largest absolute Gasteiger partial charge is 0.444 e. The van der Waals surface area contributed by atoms with Gasteiger partial charge in [0.1, 0.15) is 11.6 Å². The number of piperidine rings is 1. The Morgan fingerprint density at radius 1 is 1.13 bits per heavy atom. The van der Waals surface area contributed by atoms with E-state index >= 15 is 0 Å². The van der Waals surface area contributed by atoms with Gasteiger partial charge < -0.3 is 20.3 Å². The summed E-state index contributed by atoms with van der Waals surface area (Å²) in [4.78, 5) is 53.6. The van der Waals surface area contributed by atoms with Gasteiger partial charge in [0, 0.05) is 32.7 Å². The van der Waals surface area contributed by atoms with Gasteiger partial charge in [-0.2, -0.15) is 0 Å². The molecule has 174 valence electrons. The van der Waals surface area contributed by atoms with Gasteiger partial charge in [-0.25, -0.2) is 9.59 Å². The van der Waals surface area contributed by atoms with E-state index in [0.29, 0.717) is 38.5 Å². The van der Waals surface area contributed by atoms with E-state index in [-0.39, 0.29) is 24.4 Å². The molecule has 2 N–H and O–H groups in total. The van der Waals surface area contributed by atoms with Crippen molar-refractivity contribution in [2.24, 2.45) is 5.92 Å². The molecule has 0 aromatic rings. The highest BCUT2D eigenvalue weighted by Crippen LogP contribution is 2.22. The number of hydrogen-bond donors (Lipinski definition) is 2. The minimum atomic E-state index is -0.591. The van der Waals surface area contributed by atoms with E-state index in [1.165, 1.54) is 9.80 Å². The molecule has 3 fully saturated rings. The van der Waals surface area contributed by atoms with Gasteiger partial charge in [0.15, 0.2) is 0 Å². The standard InChI is InChI=1S/C21H35N5O5/c1-21(2,3)31-20(30)25-9-5-7-16(25)18(28)22-12-15-6-4-8-24(14-15)10-11-26-17(27)13-23-19(26)29/h15-16H,4-14H2,1-3H3,(H,22,28)(H,23,29)/t15-,16+/m0/s1. The molecule has 3 aliphatic heterocycles. The molecule has 5 amide bonds. The lowest BCUT2D eigenvalue weighted by atomic mass is 9.98. The number of nitrogens with zero attached hydrogens (tertiary/aromatic N) is 3. The van der Waals surface area contributed by atoms with Gasteiger partial charge in [-0.1, -0.05) is 0 Å². The first-order valence-electron chi connectivity index (χ1n) is 11.2. The molecule has 3 heterocycles. The van der Waals surface area contributed by atoms with Crippen molar-refractivity contribution in [3.63, 3.8) is 0 Å². The second-order valence-corrected chi connectivity index (χ2v) is 9.59. The Balaban J connectivity index is 1.43. The van der Waals surface area contributed by atoms with Crippen LogP contribution in [-0.4, -0.2) is 96.1 Å². The molecular weight excluding hydrogens is 402 g/mol. The Morgan fingerprint density at radius 3 is 2.55 bits per heavy atom. The number of amides is 5. The van der Waals surface area contributed by atoms with E-state index in [9.17, 15) is 19.2 Å². The second-order valence-electron chi connectivity index (χ2n) is 9.59. The summed E-state index contributed by atoms with van der Waals surface area (Å²) < 4.78 is 5.44. The van der Waals surface area contributed by atoms with Crippen LogP contribution < -0.4 is 10.6 Å². The maximum Gasteiger partial charge on any atom is 0.410 e. The highest BCUT2D eigenvalue weighted by molar-refractivity contribution is 6.01. The van der Waals surface area contributed by atoms with E-state index in [1.807, 2.05) is 20.8 Å². The first-order valence-corrected chi connectivity index (χ1v) is 11.2. The van der Waals surface area contributed by atoms with Crippen LogP contribution in [-0.2, 0) is 14.3 Å². The summed E-state index contributed by atoms with van der Waals surface area (Å²) in [5.74, 6) is -0.00562. The van der Waals surface area contributed by atoms with E-state index in [0.717, 1.165) is 32.4 Å². The Morgan fingerprint density at radius 2 is 1.87 bits per heavy atom. The van der Waals surface area contributed by atoms with Crippen LogP contribution in [0.2, 0.25) is 0 Å². The monoisotopic (exact) mass is 437 g/mol. The van der Waals surface area contributed by atoms with Gasteiger partial charge in [0.2, 0.25) is 11.8 Å². The number of imide groups is 1. The first-order chi connectivity index (χ1) is 14.6. The fourth-order valence-electron chi connectivity index (χ4n) is 4.39. The third-order valence-electron chi connectivity index (χ3n) is 5.93. The van der Waals surface area contributed by atoms with Crippen molar-refractivity contribution in [3.8, 4) is 0 Å². The Bertz CT molecular complexity index is 691. The number of ether oxygens (including phenoxy) is 1. The molecule has 0 aromatic heterocycles. The molecule has 0 saturated carbocycles. The van der Waals surface area contributed by atoms with Crippen molar-refractivity contribution >= 4 is 23.9 Å². The lowest BCUT2D eigenvalue weighted by molar-refractivity contribution is -0.126. The summed E-state index contributed by atoms with van der Waals surface area (Å²) in [6.07, 6.45) is 3.02. The minimum Gasteiger partial charge on any atom is -0.444 e. The van der Waals surface area contributed by atoms with Crippen LogP contribution in [0.1, 0.15) is 46.5 Å². The van der Waals surface area contributed by atoms with Crippen LogP contribution >= 0.6 is 0 Å². The second kappa shape index (κ2) is 9.84. The normalized spacial score (nSPS) is 25.0. The summed E-state index contributed by atoms with van der Waals surface area (Å²) in [5.41, 5.74) is -0.591. The summed E-state index contributed by atoms with van der Waals surface area (Å²) >= 11 is 0. The highest BCUT2D eigenvalue weighted by atomic mass is 16.6. The zero-order chi connectivity index (χ0) is 22.6. The molecule has 3 rings (SSSR count). The van der Waals surface area contributed by atoms with Crippen molar-refractivity contribution in [2.45, 2.75) is 58.1 Å². The van der Waals surface area contributed by atoms with E-state index in [1.54, 1.807) is 0 Å². The molecule has 31 heavy (non-hydrogen) atoms. The molecular formula is C21H35N5O5. The molecule has 0 unspecified atom stereocenters. The zero-order valence-electron chi connectivity index (χ0n) is 18.8. The zero-order valence-corrected chi connectivity index (χ0v) is 18.8. The summed E-state index contributed by atoms with van der Waals surface area (Å²) in [5, 5.41) is 5.56. The average Bonchev–Trinajstić information content (AvgIpc) is 3.31. The Labute approximate surface area is 183 Å². The van der Waals surface area contributed by atoms with Gasteiger partial charge in [0.25, 0.3) is 0 Å². The van der Waals surface area contributed by atoms with Gasteiger partial charge in [-0.15, -0.1) is 0 Å². The summed E-state index contributed by atoms with van der Waals surface area (Å²) in [6.45, 7) is 9.37. The van der Waals surface area contributed by atoms with E-state index < -0.39 is 17.7 Å². The predicted octanol–water partition coefficient (Wildman–Crippen LogP) is 0.766. The maximum absolute atomic E-state index is 12.8. The van der Waals surface area contributed by atoms with Crippen LogP contribution in [0.3, 0.4) is 0 Å². The molecule has 3 aliphatic rings. The van der Waals surface area contributed by atoms with Crippen LogP contribution in [0.15, 0.2) is 0 Å². The maximum atomic E-state index is 12.8. The van der Waals surface area contributed by atoms with Gasteiger partial charge in [-0.05, 0) is 58.9 Å². The number of urea groups is 1. The number of carbonyl (C=O) groups is 4. The predicted molar refractivity (Wildman–Crippen MR) is 113 cm³/mol. The molecule has 0 spiro atoms. The number of carbonyl (C=O) groups excluding carboxylic acids is 4. The van der Waals surface area contributed by atoms with Crippen LogP contribution in [0.4, 0.5) is 9.59 Å². The minimum absolute atomic E-state index is 0.0783. The van der Waals surface area contributed by atoms with Crippen LogP contribution in [0.5, 0.6) is 0 Å². The fourth-order valence-corrected chi connectivity index (χ4v) is 4.39. The molecule has 3 saturated heterocycles. The van der Waals surface area contributed by atoms with Gasteiger partial charge in [-0.3, -0.25) is 19.4 Å². The smallest absolute Gasteiger partial charge is 0.410 e. The van der Waals surface area contributed by atoms with Crippen molar-refractivity contribution in [1.82, 2.24) is 25.3 Å². The van der Waals surface area contributed by atoms with Gasteiger partial charge >= 0.3 is 12.1 Å². The molecule has 0 bridgehead atoms. The number of hydrogen-bond acceptors (Lipinski definition) is 6. The summed E-state index contributed by atoms with van der Waals surface area (Å²) in [6, 6.07) is -0.800. The topological polar surface area (TPSA) is 111 Å². The van der Waals surface area contributed by atoms with Crippen molar-refractivity contribution < 1.29 is 23.9 Å². The quantitative estimate of drug-likeness (QED) is 0.594. The van der Waals surface area contributed by atoms with E-state index in [4.69, 9.17) is 4.74 Å². The highest BCUT2D eigenvalue weighted by Gasteiger charge is 2.37. The SMILES string of the molecule is CC(C)(C)OC(=O)N1CCC[C@@H]1C(=O)NC[C@@H]1CCCN(CCN2C(=O)CNC2=O)C1. The number of rotatable bonds is 6. The molecule has 10 heteroatoms. The van der Waals surface area contributed by atoms with Crippen LogP contribution in [0.25, 0.3) is 0 Å². The van der Waals surface area contributed by atoms with Crippen molar-refractivity contribution in [3.05, 3.63) is 0 Å². The third kappa shape index (κ3) is 6.32. The Hall–Kier alpha value is -2.36.